The molecule has 0 spiro atoms. The van der Waals surface area contributed by atoms with Gasteiger partial charge in [-0.2, -0.15) is 0 Å². The van der Waals surface area contributed by atoms with Gasteiger partial charge in [0.25, 0.3) is 0 Å². The third-order valence-electron chi connectivity index (χ3n) is 11.8. The second-order valence-corrected chi connectivity index (χ2v) is 19.8. The van der Waals surface area contributed by atoms with Crippen molar-refractivity contribution in [3.63, 3.8) is 0 Å². The lowest BCUT2D eigenvalue weighted by Crippen LogP contribution is -2.30. The van der Waals surface area contributed by atoms with Crippen molar-refractivity contribution in [2.45, 2.75) is 277 Å². The normalized spacial score (nSPS) is 13.6. The van der Waals surface area contributed by atoms with Crippen molar-refractivity contribution in [3.8, 4) is 0 Å². The molecule has 0 amide bonds. The largest absolute Gasteiger partial charge is 0.472 e. The summed E-state index contributed by atoms with van der Waals surface area (Å²) in [6.45, 7) is 4.58. The lowest BCUT2D eigenvalue weighted by atomic mass is 10.1. The van der Waals surface area contributed by atoms with Crippen LogP contribution in [0.25, 0.3) is 0 Å². The van der Waals surface area contributed by atoms with Crippen LogP contribution in [-0.4, -0.2) is 66.5 Å². The number of aliphatic hydroxyl groups is 1. The summed E-state index contributed by atoms with van der Waals surface area (Å²) in [4.78, 5) is 48.2. The highest BCUT2D eigenvalue weighted by Crippen LogP contribution is 2.43. The average Bonchev–Trinajstić information content (AvgIpc) is 3.30. The molecule has 12 heteroatoms. The highest BCUT2D eigenvalue weighted by Gasteiger charge is 2.28. The Morgan fingerprint density at radius 1 is 0.409 bits per heavy atom. The second-order valence-electron chi connectivity index (χ2n) is 18.4. The smallest absolute Gasteiger partial charge is 0.462 e. The number of rotatable bonds is 51. The molecule has 388 valence electrons. The molecular weight excluding hydrogens is 856 g/mol. The van der Waals surface area contributed by atoms with Crippen LogP contribution in [0.3, 0.4) is 0 Å². The summed E-state index contributed by atoms with van der Waals surface area (Å²) >= 11 is 0. The Hall–Kier alpha value is -2.04. The zero-order chi connectivity index (χ0) is 48.4. The molecule has 0 heterocycles. The maximum atomic E-state index is 12.8. The van der Waals surface area contributed by atoms with Gasteiger partial charge in [0.2, 0.25) is 0 Å². The molecule has 3 atom stereocenters. The average molecular weight is 957 g/mol. The van der Waals surface area contributed by atoms with Crippen molar-refractivity contribution >= 4 is 25.7 Å². The first-order valence-electron chi connectivity index (χ1n) is 27.2. The molecule has 0 aliphatic heterocycles. The molecule has 66 heavy (non-hydrogen) atoms. The van der Waals surface area contributed by atoms with Gasteiger partial charge in [-0.15, -0.1) is 0 Å². The van der Waals surface area contributed by atoms with E-state index in [9.17, 15) is 28.9 Å². The van der Waals surface area contributed by atoms with Crippen LogP contribution in [0.1, 0.15) is 265 Å². The number of phosphoric ester groups is 1. The molecule has 0 aromatic rings. The van der Waals surface area contributed by atoms with Crippen molar-refractivity contribution < 1.29 is 52.2 Å². The van der Waals surface area contributed by atoms with Gasteiger partial charge < -0.3 is 24.2 Å². The Morgan fingerprint density at radius 2 is 0.712 bits per heavy atom. The van der Waals surface area contributed by atoms with Crippen LogP contribution in [-0.2, 0) is 42.2 Å². The van der Waals surface area contributed by atoms with E-state index in [1.807, 2.05) is 0 Å². The summed E-state index contributed by atoms with van der Waals surface area (Å²) in [5.74, 6) is -1.46. The fraction of sp³-hybridized carbons (Fsp3) is 0.870. The maximum absolute atomic E-state index is 12.8. The van der Waals surface area contributed by atoms with E-state index < -0.39 is 57.8 Å². The number of allylic oxidation sites excluding steroid dienone is 4. The molecule has 0 bridgehead atoms. The number of carbonyl (C=O) groups is 3. The number of aliphatic hydroxyl groups excluding tert-OH is 1. The van der Waals surface area contributed by atoms with Gasteiger partial charge in [0.05, 0.1) is 19.8 Å². The molecule has 0 aromatic carbocycles. The Balaban J connectivity index is 4.64. The molecule has 3 unspecified atom stereocenters. The first kappa shape index (κ1) is 64.0. The Bertz CT molecular complexity index is 1210. The molecule has 0 fully saturated rings. The van der Waals surface area contributed by atoms with E-state index in [-0.39, 0.29) is 25.9 Å². The second kappa shape index (κ2) is 49.4. The van der Waals surface area contributed by atoms with E-state index in [1.54, 1.807) is 0 Å². The Labute approximate surface area is 404 Å². The summed E-state index contributed by atoms with van der Waals surface area (Å²) in [6.07, 6.45) is 47.3. The summed E-state index contributed by atoms with van der Waals surface area (Å²) in [7, 11) is -4.73. The van der Waals surface area contributed by atoms with Gasteiger partial charge in [-0.3, -0.25) is 23.4 Å². The summed E-state index contributed by atoms with van der Waals surface area (Å²) in [5.41, 5.74) is 0. The van der Waals surface area contributed by atoms with Crippen molar-refractivity contribution in [3.05, 3.63) is 24.3 Å². The minimum Gasteiger partial charge on any atom is -0.462 e. The Kier molecular flexibility index (Phi) is 47.9. The van der Waals surface area contributed by atoms with Gasteiger partial charge in [0, 0.05) is 19.3 Å². The van der Waals surface area contributed by atoms with Crippen molar-refractivity contribution in [1.29, 1.82) is 0 Å². The van der Waals surface area contributed by atoms with E-state index in [4.69, 9.17) is 23.3 Å². The van der Waals surface area contributed by atoms with E-state index in [1.165, 1.54) is 128 Å². The van der Waals surface area contributed by atoms with Crippen molar-refractivity contribution in [2.24, 2.45) is 0 Å². The third-order valence-corrected chi connectivity index (χ3v) is 12.8. The van der Waals surface area contributed by atoms with Crippen LogP contribution in [0.2, 0.25) is 0 Å². The molecule has 11 nitrogen and oxygen atoms in total. The first-order chi connectivity index (χ1) is 32.2. The van der Waals surface area contributed by atoms with Crippen molar-refractivity contribution in [2.75, 3.05) is 26.4 Å². The van der Waals surface area contributed by atoms with Gasteiger partial charge in [-0.25, -0.2) is 4.57 Å². The van der Waals surface area contributed by atoms with Crippen LogP contribution in [0.15, 0.2) is 24.3 Å². The quantitative estimate of drug-likeness (QED) is 0.0197. The lowest BCUT2D eigenvalue weighted by Gasteiger charge is -2.21. The molecule has 0 saturated carbocycles. The molecule has 2 N–H and O–H groups in total. The summed E-state index contributed by atoms with van der Waals surface area (Å²) in [6, 6.07) is 0. The maximum Gasteiger partial charge on any atom is 0.472 e. The highest BCUT2D eigenvalue weighted by molar-refractivity contribution is 7.47. The highest BCUT2D eigenvalue weighted by atomic mass is 31.2. The number of hydrogen-bond acceptors (Lipinski definition) is 10. The third kappa shape index (κ3) is 47.0. The molecule has 0 aliphatic carbocycles. The topological polar surface area (TPSA) is 155 Å². The zero-order valence-electron chi connectivity index (χ0n) is 42.7. The number of carbonyl (C=O) groups excluding carboxylic acids is 3. The predicted molar refractivity (Wildman–Crippen MR) is 270 cm³/mol. The summed E-state index contributed by atoms with van der Waals surface area (Å²) < 4.78 is 39.3. The number of esters is 3. The number of unbranched alkanes of at least 4 members (excludes halogenated alkanes) is 30. The van der Waals surface area contributed by atoms with Crippen molar-refractivity contribution in [1.82, 2.24) is 0 Å². The van der Waals surface area contributed by atoms with E-state index >= 15 is 0 Å². The Morgan fingerprint density at radius 3 is 1.09 bits per heavy atom. The van der Waals surface area contributed by atoms with Crippen LogP contribution in [0, 0.1) is 0 Å². The molecule has 0 aliphatic rings. The minimum absolute atomic E-state index is 0.161. The standard InChI is InChI=1S/C54H101O11P/c1-4-7-10-13-16-19-21-22-23-24-25-26-27-28-30-32-34-37-40-43-52(56)61-47-51(65-54(58)45-42-39-36-33-29-20-17-14-11-8-5-2)49-63-66(59,60)62-48-50(46-55)64-53(57)44-41-38-35-31-18-15-12-9-6-3/h14,17,22-23,50-51,55H,4-13,15-16,18-21,24-49H2,1-3H3,(H,59,60)/b17-14-,23-22-. The first-order valence-corrected chi connectivity index (χ1v) is 28.7. The van der Waals surface area contributed by atoms with E-state index in [0.29, 0.717) is 19.3 Å². The SMILES string of the molecule is CCCC/C=C\CCCCCCCC(=O)OC(COC(=O)CCCCCCCCCCC/C=C\CCCCCCCC)COP(=O)(O)OCC(CO)OC(=O)CCCCCCCCCCC. The van der Waals surface area contributed by atoms with Crippen LogP contribution in [0.5, 0.6) is 0 Å². The molecule has 0 rings (SSSR count). The molecule has 0 aromatic heterocycles. The number of ether oxygens (including phenoxy) is 3. The van der Waals surface area contributed by atoms with Crippen LogP contribution < -0.4 is 0 Å². The zero-order valence-corrected chi connectivity index (χ0v) is 43.6. The van der Waals surface area contributed by atoms with Gasteiger partial charge in [-0.1, -0.05) is 206 Å². The van der Waals surface area contributed by atoms with Gasteiger partial charge in [0.15, 0.2) is 6.10 Å². The minimum atomic E-state index is -4.73. The lowest BCUT2D eigenvalue weighted by molar-refractivity contribution is -0.161. The van der Waals surface area contributed by atoms with Gasteiger partial charge in [0.1, 0.15) is 12.7 Å². The summed E-state index contributed by atoms with van der Waals surface area (Å²) in [5, 5.41) is 9.74. The molecule has 0 saturated heterocycles. The van der Waals surface area contributed by atoms with Crippen LogP contribution in [0.4, 0.5) is 0 Å². The fourth-order valence-corrected chi connectivity index (χ4v) is 8.41. The van der Waals surface area contributed by atoms with Gasteiger partial charge >= 0.3 is 25.7 Å². The van der Waals surface area contributed by atoms with E-state index in [0.717, 1.165) is 77.0 Å². The van der Waals surface area contributed by atoms with E-state index in [2.05, 4.69) is 45.1 Å². The predicted octanol–water partition coefficient (Wildman–Crippen LogP) is 15.5. The fourth-order valence-electron chi connectivity index (χ4n) is 7.63. The number of phosphoric acid groups is 1. The van der Waals surface area contributed by atoms with Gasteiger partial charge in [-0.05, 0) is 64.2 Å². The number of hydrogen-bond donors (Lipinski definition) is 2. The van der Waals surface area contributed by atoms with Crippen LogP contribution >= 0.6 is 7.82 Å². The molecular formula is C54H101O11P. The molecule has 0 radical (unpaired) electrons. The monoisotopic (exact) mass is 957 g/mol.